The number of carboxylic acids is 1. The van der Waals surface area contributed by atoms with E-state index in [0.29, 0.717) is 13.0 Å². The van der Waals surface area contributed by atoms with Crippen molar-refractivity contribution < 1.29 is 19.4 Å². The number of carboxylic acid groups (broad SMARTS) is 1. The Balaban J connectivity index is 1.52. The number of rotatable bonds is 8. The van der Waals surface area contributed by atoms with E-state index in [0.717, 1.165) is 49.7 Å². The fraction of sp³-hybridized carbons (Fsp3) is 0.381. The van der Waals surface area contributed by atoms with E-state index < -0.39 is 11.9 Å². The smallest absolute Gasteiger partial charge is 0.311 e. The fourth-order valence-corrected chi connectivity index (χ4v) is 3.11. The predicted molar refractivity (Wildman–Crippen MR) is 99.7 cm³/mol. The fourth-order valence-electron chi connectivity index (χ4n) is 3.11. The van der Waals surface area contributed by atoms with E-state index in [9.17, 15) is 9.90 Å². The van der Waals surface area contributed by atoms with Crippen molar-refractivity contribution in [2.24, 2.45) is 0 Å². The van der Waals surface area contributed by atoms with Gasteiger partial charge in [0.2, 0.25) is 0 Å². The Hall–Kier alpha value is -2.37. The van der Waals surface area contributed by atoms with Crippen LogP contribution in [0.2, 0.25) is 0 Å². The molecule has 5 heteroatoms. The molecule has 2 aromatic carbocycles. The summed E-state index contributed by atoms with van der Waals surface area (Å²) in [5, 5.41) is 9.54. The van der Waals surface area contributed by atoms with Crippen LogP contribution >= 0.6 is 0 Å². The maximum Gasteiger partial charge on any atom is 0.311 e. The number of nitrogens with zero attached hydrogens (tertiary/aromatic N) is 1. The van der Waals surface area contributed by atoms with Crippen molar-refractivity contribution in [2.75, 3.05) is 39.5 Å². The molecule has 1 N–H and O–H groups in total. The molecule has 26 heavy (non-hydrogen) atoms. The molecule has 1 aliphatic rings. The first-order valence-electron chi connectivity index (χ1n) is 9.02. The van der Waals surface area contributed by atoms with Crippen LogP contribution < -0.4 is 4.74 Å². The number of aliphatic carboxylic acids is 1. The summed E-state index contributed by atoms with van der Waals surface area (Å²) in [5.41, 5.74) is 1.81. The highest BCUT2D eigenvalue weighted by atomic mass is 16.5. The van der Waals surface area contributed by atoms with Gasteiger partial charge in [0.15, 0.2) is 0 Å². The molecular formula is C21H25NO4. The van der Waals surface area contributed by atoms with E-state index >= 15 is 0 Å². The van der Waals surface area contributed by atoms with Crippen LogP contribution in [-0.2, 0) is 16.0 Å². The normalized spacial score (nSPS) is 16.2. The summed E-state index contributed by atoms with van der Waals surface area (Å²) in [6, 6.07) is 17.1. The number of morpholine rings is 1. The van der Waals surface area contributed by atoms with Gasteiger partial charge in [-0.15, -0.1) is 0 Å². The van der Waals surface area contributed by atoms with Crippen molar-refractivity contribution in [1.29, 1.82) is 0 Å². The second kappa shape index (κ2) is 9.36. The van der Waals surface area contributed by atoms with Gasteiger partial charge in [-0.25, -0.2) is 0 Å². The van der Waals surface area contributed by atoms with Gasteiger partial charge < -0.3 is 14.6 Å². The van der Waals surface area contributed by atoms with Gasteiger partial charge in [0, 0.05) is 19.6 Å². The molecule has 138 valence electrons. The summed E-state index contributed by atoms with van der Waals surface area (Å²) >= 11 is 0. The van der Waals surface area contributed by atoms with Crippen LogP contribution in [-0.4, -0.2) is 55.4 Å². The zero-order chi connectivity index (χ0) is 18.2. The van der Waals surface area contributed by atoms with Crippen molar-refractivity contribution in [1.82, 2.24) is 4.90 Å². The van der Waals surface area contributed by atoms with Gasteiger partial charge in [0.25, 0.3) is 0 Å². The lowest BCUT2D eigenvalue weighted by Crippen LogP contribution is -2.38. The van der Waals surface area contributed by atoms with Crippen LogP contribution in [0.5, 0.6) is 5.75 Å². The van der Waals surface area contributed by atoms with E-state index in [1.165, 1.54) is 0 Å². The highest BCUT2D eigenvalue weighted by Crippen LogP contribution is 2.22. The molecule has 0 radical (unpaired) electrons. The van der Waals surface area contributed by atoms with Crippen molar-refractivity contribution >= 4 is 5.97 Å². The summed E-state index contributed by atoms with van der Waals surface area (Å²) in [6.45, 7) is 5.03. The monoisotopic (exact) mass is 355 g/mol. The molecule has 1 unspecified atom stereocenters. The summed E-state index contributed by atoms with van der Waals surface area (Å²) in [5.74, 6) is -0.528. The third-order valence-electron chi connectivity index (χ3n) is 4.64. The van der Waals surface area contributed by atoms with Crippen LogP contribution in [0, 0.1) is 0 Å². The minimum absolute atomic E-state index is 0.466. The van der Waals surface area contributed by atoms with Crippen LogP contribution in [0.15, 0.2) is 54.6 Å². The molecule has 0 saturated carbocycles. The van der Waals surface area contributed by atoms with Crippen molar-refractivity contribution in [2.45, 2.75) is 12.3 Å². The SMILES string of the molecule is O=C(O)C(Cc1ccc(OCCN2CCOCC2)cc1)c1ccccc1. The summed E-state index contributed by atoms with van der Waals surface area (Å²) < 4.78 is 11.1. The highest BCUT2D eigenvalue weighted by Gasteiger charge is 2.20. The van der Waals surface area contributed by atoms with E-state index in [1.807, 2.05) is 54.6 Å². The maximum atomic E-state index is 11.6. The van der Waals surface area contributed by atoms with Crippen molar-refractivity contribution in [3.8, 4) is 5.75 Å². The average Bonchev–Trinajstić information content (AvgIpc) is 2.68. The molecule has 0 bridgehead atoms. The molecule has 3 rings (SSSR count). The Bertz CT molecular complexity index is 681. The molecule has 0 amide bonds. The first kappa shape index (κ1) is 18.4. The molecule has 1 saturated heterocycles. The zero-order valence-corrected chi connectivity index (χ0v) is 14.8. The molecular weight excluding hydrogens is 330 g/mol. The van der Waals surface area contributed by atoms with Gasteiger partial charge in [-0.1, -0.05) is 42.5 Å². The number of hydrogen-bond acceptors (Lipinski definition) is 4. The largest absolute Gasteiger partial charge is 0.492 e. The number of carbonyl (C=O) groups is 1. The Labute approximate surface area is 154 Å². The Morgan fingerprint density at radius 1 is 1.08 bits per heavy atom. The lowest BCUT2D eigenvalue weighted by molar-refractivity contribution is -0.138. The Morgan fingerprint density at radius 3 is 2.42 bits per heavy atom. The molecule has 1 atom stereocenters. The number of ether oxygens (including phenoxy) is 2. The first-order chi connectivity index (χ1) is 12.7. The van der Waals surface area contributed by atoms with Gasteiger partial charge in [-0.2, -0.15) is 0 Å². The van der Waals surface area contributed by atoms with Gasteiger partial charge in [0.05, 0.1) is 19.1 Å². The summed E-state index contributed by atoms with van der Waals surface area (Å²) in [6.07, 6.45) is 0.466. The molecule has 1 aliphatic heterocycles. The van der Waals surface area contributed by atoms with Crippen LogP contribution in [0.4, 0.5) is 0 Å². The highest BCUT2D eigenvalue weighted by molar-refractivity contribution is 5.76. The van der Waals surface area contributed by atoms with E-state index in [-0.39, 0.29) is 0 Å². The zero-order valence-electron chi connectivity index (χ0n) is 14.8. The molecule has 0 aromatic heterocycles. The second-order valence-electron chi connectivity index (χ2n) is 6.45. The first-order valence-corrected chi connectivity index (χ1v) is 9.02. The molecule has 5 nitrogen and oxygen atoms in total. The summed E-state index contributed by atoms with van der Waals surface area (Å²) in [4.78, 5) is 14.0. The van der Waals surface area contributed by atoms with Gasteiger partial charge >= 0.3 is 5.97 Å². The van der Waals surface area contributed by atoms with Crippen molar-refractivity contribution in [3.05, 3.63) is 65.7 Å². The van der Waals surface area contributed by atoms with Gasteiger partial charge in [-0.3, -0.25) is 9.69 Å². The van der Waals surface area contributed by atoms with Crippen LogP contribution in [0.25, 0.3) is 0 Å². The van der Waals surface area contributed by atoms with Crippen LogP contribution in [0.3, 0.4) is 0 Å². The third kappa shape index (κ3) is 5.31. The molecule has 1 heterocycles. The average molecular weight is 355 g/mol. The molecule has 2 aromatic rings. The van der Waals surface area contributed by atoms with Gasteiger partial charge in [-0.05, 0) is 29.7 Å². The van der Waals surface area contributed by atoms with Gasteiger partial charge in [0.1, 0.15) is 12.4 Å². The maximum absolute atomic E-state index is 11.6. The predicted octanol–water partition coefficient (Wildman–Crippen LogP) is 2.81. The van der Waals surface area contributed by atoms with Crippen LogP contribution in [0.1, 0.15) is 17.0 Å². The minimum atomic E-state index is -0.804. The third-order valence-corrected chi connectivity index (χ3v) is 4.64. The van der Waals surface area contributed by atoms with Crippen molar-refractivity contribution in [3.63, 3.8) is 0 Å². The minimum Gasteiger partial charge on any atom is -0.492 e. The lowest BCUT2D eigenvalue weighted by atomic mass is 9.92. The number of hydrogen-bond donors (Lipinski definition) is 1. The number of benzene rings is 2. The lowest BCUT2D eigenvalue weighted by Gasteiger charge is -2.26. The quantitative estimate of drug-likeness (QED) is 0.789. The van der Waals surface area contributed by atoms with E-state index in [1.54, 1.807) is 0 Å². The second-order valence-corrected chi connectivity index (χ2v) is 6.45. The molecule has 0 aliphatic carbocycles. The summed E-state index contributed by atoms with van der Waals surface area (Å²) in [7, 11) is 0. The molecule has 0 spiro atoms. The standard InChI is InChI=1S/C21H25NO4/c23-21(24)20(18-4-2-1-3-5-18)16-17-6-8-19(9-7-17)26-15-12-22-10-13-25-14-11-22/h1-9,20H,10-16H2,(H,23,24). The topological polar surface area (TPSA) is 59.0 Å². The van der Waals surface area contributed by atoms with E-state index in [4.69, 9.17) is 9.47 Å². The van der Waals surface area contributed by atoms with E-state index in [2.05, 4.69) is 4.90 Å². The Morgan fingerprint density at radius 2 is 1.77 bits per heavy atom. The Kier molecular flexibility index (Phi) is 6.63. The molecule has 1 fully saturated rings.